The van der Waals surface area contributed by atoms with Crippen molar-refractivity contribution in [1.29, 1.82) is 0 Å². The van der Waals surface area contributed by atoms with Gasteiger partial charge in [0, 0.05) is 43.0 Å². The van der Waals surface area contributed by atoms with Crippen LogP contribution in [-0.4, -0.2) is 52.7 Å². The summed E-state index contributed by atoms with van der Waals surface area (Å²) in [6, 6.07) is 5.89. The molecule has 29 heavy (non-hydrogen) atoms. The lowest BCUT2D eigenvalue weighted by Crippen LogP contribution is -2.36. The highest BCUT2D eigenvalue weighted by Crippen LogP contribution is 2.32. The molecule has 0 spiro atoms. The first-order valence-electron chi connectivity index (χ1n) is 10.1. The van der Waals surface area contributed by atoms with Gasteiger partial charge in [-0.3, -0.25) is 4.98 Å². The highest BCUT2D eigenvalue weighted by atomic mass is 16.5. The maximum Gasteiger partial charge on any atom is 0.150 e. The number of hydrogen-bond acceptors (Lipinski definition) is 6. The topological polar surface area (TPSA) is 65.3 Å². The lowest BCUT2D eigenvalue weighted by atomic mass is 10.1. The number of ether oxygens (including phenoxy) is 2. The second kappa shape index (κ2) is 7.82. The third-order valence-electron chi connectivity index (χ3n) is 5.55. The molecule has 3 aromatic rings. The van der Waals surface area contributed by atoms with Crippen LogP contribution in [0.5, 0.6) is 0 Å². The molecular weight excluding hydrogens is 366 g/mol. The monoisotopic (exact) mass is 389 g/mol. The fourth-order valence-electron chi connectivity index (χ4n) is 4.05. The van der Waals surface area contributed by atoms with E-state index < -0.39 is 0 Å². The lowest BCUT2D eigenvalue weighted by molar-refractivity contribution is -0.0383. The summed E-state index contributed by atoms with van der Waals surface area (Å²) in [5.41, 5.74) is 3.29. The van der Waals surface area contributed by atoms with Gasteiger partial charge in [-0.25, -0.2) is 9.67 Å². The average molecular weight is 389 g/mol. The third-order valence-corrected chi connectivity index (χ3v) is 5.55. The number of nitrogens with zero attached hydrogens (tertiary/aromatic N) is 5. The number of pyridine rings is 2. The fourth-order valence-corrected chi connectivity index (χ4v) is 4.05. The van der Waals surface area contributed by atoms with Crippen molar-refractivity contribution in [1.82, 2.24) is 19.7 Å². The predicted octanol–water partition coefficient (Wildman–Crippen LogP) is 3.01. The quantitative estimate of drug-likeness (QED) is 0.642. The average Bonchev–Trinajstić information content (AvgIpc) is 3.29. The van der Waals surface area contributed by atoms with E-state index in [2.05, 4.69) is 20.9 Å². The molecule has 3 aromatic heterocycles. The molecule has 0 amide bonds. The van der Waals surface area contributed by atoms with Crippen molar-refractivity contribution in [3.63, 3.8) is 0 Å². The van der Waals surface area contributed by atoms with Crippen molar-refractivity contribution in [3.8, 4) is 23.7 Å². The molecule has 7 heteroatoms. The van der Waals surface area contributed by atoms with Crippen molar-refractivity contribution in [2.45, 2.75) is 25.5 Å². The molecule has 2 aliphatic rings. The molecule has 0 N–H and O–H groups in total. The van der Waals surface area contributed by atoms with Crippen LogP contribution in [0.3, 0.4) is 0 Å². The second-order valence-corrected chi connectivity index (χ2v) is 7.31. The highest BCUT2D eigenvalue weighted by Gasteiger charge is 2.23. The normalized spacial score (nSPS) is 20.0. The SMILES string of the molecule is C#Cc1cc(N2CCOCC2)nc2c(-c3ccnn3C3CCCCO3)nccc12. The van der Waals surface area contributed by atoms with Gasteiger partial charge in [-0.15, -0.1) is 6.42 Å². The van der Waals surface area contributed by atoms with E-state index >= 15 is 0 Å². The van der Waals surface area contributed by atoms with E-state index in [1.165, 1.54) is 0 Å². The van der Waals surface area contributed by atoms with E-state index in [-0.39, 0.29) is 6.23 Å². The summed E-state index contributed by atoms with van der Waals surface area (Å²) in [6.07, 6.45) is 12.5. The van der Waals surface area contributed by atoms with Crippen molar-refractivity contribution in [2.75, 3.05) is 37.8 Å². The summed E-state index contributed by atoms with van der Waals surface area (Å²) >= 11 is 0. The Hall–Kier alpha value is -2.95. The van der Waals surface area contributed by atoms with E-state index in [9.17, 15) is 0 Å². The van der Waals surface area contributed by atoms with Crippen molar-refractivity contribution in [2.24, 2.45) is 0 Å². The fraction of sp³-hybridized carbons (Fsp3) is 0.409. The summed E-state index contributed by atoms with van der Waals surface area (Å²) in [6.45, 7) is 3.74. The second-order valence-electron chi connectivity index (χ2n) is 7.31. The third kappa shape index (κ3) is 3.35. The van der Waals surface area contributed by atoms with E-state index in [0.717, 1.165) is 72.6 Å². The van der Waals surface area contributed by atoms with Crippen molar-refractivity contribution < 1.29 is 9.47 Å². The van der Waals surface area contributed by atoms with Gasteiger partial charge in [0.25, 0.3) is 0 Å². The van der Waals surface area contributed by atoms with Crippen LogP contribution in [0, 0.1) is 12.3 Å². The molecule has 0 aromatic carbocycles. The van der Waals surface area contributed by atoms with Gasteiger partial charge in [0.15, 0.2) is 6.23 Å². The molecule has 0 radical (unpaired) electrons. The Morgan fingerprint density at radius 1 is 1.10 bits per heavy atom. The summed E-state index contributed by atoms with van der Waals surface area (Å²) in [4.78, 5) is 11.9. The van der Waals surface area contributed by atoms with E-state index in [1.54, 1.807) is 12.4 Å². The summed E-state index contributed by atoms with van der Waals surface area (Å²) in [7, 11) is 0. The smallest absolute Gasteiger partial charge is 0.150 e. The molecule has 1 atom stereocenters. The van der Waals surface area contributed by atoms with Crippen LogP contribution >= 0.6 is 0 Å². The molecule has 0 aliphatic carbocycles. The minimum atomic E-state index is -0.0691. The largest absolute Gasteiger partial charge is 0.378 e. The molecule has 2 saturated heterocycles. The molecule has 1 unspecified atom stereocenters. The van der Waals surface area contributed by atoms with Crippen LogP contribution < -0.4 is 4.90 Å². The minimum absolute atomic E-state index is 0.0691. The molecular formula is C22H23N5O2. The Kier molecular flexibility index (Phi) is 4.88. The summed E-state index contributed by atoms with van der Waals surface area (Å²) < 4.78 is 13.4. The van der Waals surface area contributed by atoms with Gasteiger partial charge < -0.3 is 14.4 Å². The number of aromatic nitrogens is 4. The Labute approximate surface area is 169 Å². The van der Waals surface area contributed by atoms with Gasteiger partial charge in [0.2, 0.25) is 0 Å². The molecule has 7 nitrogen and oxygen atoms in total. The maximum atomic E-state index is 5.96. The lowest BCUT2D eigenvalue weighted by Gasteiger charge is -2.28. The number of rotatable bonds is 3. The first-order valence-corrected chi connectivity index (χ1v) is 10.1. The van der Waals surface area contributed by atoms with Crippen molar-refractivity contribution in [3.05, 3.63) is 36.2 Å². The zero-order valence-electron chi connectivity index (χ0n) is 16.3. The van der Waals surface area contributed by atoms with Gasteiger partial charge in [0.1, 0.15) is 17.0 Å². The van der Waals surface area contributed by atoms with E-state index in [0.29, 0.717) is 13.2 Å². The van der Waals surface area contributed by atoms with Gasteiger partial charge in [-0.1, -0.05) is 5.92 Å². The molecule has 0 saturated carbocycles. The first-order chi connectivity index (χ1) is 14.3. The van der Waals surface area contributed by atoms with Crippen LogP contribution in [0.1, 0.15) is 31.1 Å². The molecule has 0 bridgehead atoms. The minimum Gasteiger partial charge on any atom is -0.378 e. The van der Waals surface area contributed by atoms with Crippen LogP contribution in [0.25, 0.3) is 22.3 Å². The molecule has 2 aliphatic heterocycles. The zero-order valence-corrected chi connectivity index (χ0v) is 16.3. The van der Waals surface area contributed by atoms with Gasteiger partial charge >= 0.3 is 0 Å². The summed E-state index contributed by atoms with van der Waals surface area (Å²) in [5.74, 6) is 3.69. The van der Waals surface area contributed by atoms with Crippen LogP contribution in [-0.2, 0) is 9.47 Å². The van der Waals surface area contributed by atoms with Gasteiger partial charge in [-0.05, 0) is 37.5 Å². The number of hydrogen-bond donors (Lipinski definition) is 0. The van der Waals surface area contributed by atoms with E-state index in [4.69, 9.17) is 20.9 Å². The Bertz CT molecular complexity index is 1060. The molecule has 2 fully saturated rings. The predicted molar refractivity (Wildman–Crippen MR) is 111 cm³/mol. The molecule has 5 heterocycles. The van der Waals surface area contributed by atoms with Crippen LogP contribution in [0.4, 0.5) is 5.82 Å². The van der Waals surface area contributed by atoms with Crippen LogP contribution in [0.15, 0.2) is 30.6 Å². The van der Waals surface area contributed by atoms with Crippen LogP contribution in [0.2, 0.25) is 0 Å². The van der Waals surface area contributed by atoms with Gasteiger partial charge in [-0.2, -0.15) is 5.10 Å². The number of anilines is 1. The maximum absolute atomic E-state index is 5.96. The standard InChI is InChI=1S/C22H23N5O2/c1-2-16-15-19(26-10-13-28-14-11-26)25-21-17(16)6-8-23-22(21)18-7-9-24-27(18)20-5-3-4-12-29-20/h1,6-9,15,20H,3-5,10-14H2. The summed E-state index contributed by atoms with van der Waals surface area (Å²) in [5, 5.41) is 5.46. The number of fused-ring (bicyclic) bond motifs is 1. The van der Waals surface area contributed by atoms with E-state index in [1.807, 2.05) is 22.9 Å². The number of morpholine rings is 1. The molecule has 5 rings (SSSR count). The Balaban J connectivity index is 1.65. The Morgan fingerprint density at radius 2 is 2.00 bits per heavy atom. The molecule has 148 valence electrons. The van der Waals surface area contributed by atoms with Crippen molar-refractivity contribution >= 4 is 16.7 Å². The highest BCUT2D eigenvalue weighted by molar-refractivity contribution is 5.95. The first kappa shape index (κ1) is 18.1. The van der Waals surface area contributed by atoms with Gasteiger partial charge in [0.05, 0.1) is 18.9 Å². The number of terminal acetylenes is 1. The zero-order chi connectivity index (χ0) is 19.6. The Morgan fingerprint density at radius 3 is 2.79 bits per heavy atom.